The first kappa shape index (κ1) is 14.5. The van der Waals surface area contributed by atoms with Crippen LogP contribution >= 0.6 is 11.3 Å². The summed E-state index contributed by atoms with van der Waals surface area (Å²) < 4.78 is 1.34. The van der Waals surface area contributed by atoms with E-state index in [0.717, 1.165) is 12.5 Å². The third-order valence-electron chi connectivity index (χ3n) is 5.24. The predicted octanol–water partition coefficient (Wildman–Crippen LogP) is 3.92. The molecule has 2 fully saturated rings. The van der Waals surface area contributed by atoms with Crippen molar-refractivity contribution in [3.8, 4) is 0 Å². The van der Waals surface area contributed by atoms with E-state index in [0.29, 0.717) is 0 Å². The van der Waals surface area contributed by atoms with Crippen molar-refractivity contribution in [2.24, 2.45) is 0 Å². The molecule has 0 radical (unpaired) electrons. The third-order valence-corrected chi connectivity index (χ3v) is 6.32. The summed E-state index contributed by atoms with van der Waals surface area (Å²) in [6.07, 6.45) is 6.51. The summed E-state index contributed by atoms with van der Waals surface area (Å²) in [5, 5.41) is 1.23. The summed E-state index contributed by atoms with van der Waals surface area (Å²) in [5.74, 6) is 0. The Morgan fingerprint density at radius 2 is 1.91 bits per heavy atom. The molecule has 2 saturated heterocycles. The first-order chi connectivity index (χ1) is 10.8. The lowest BCUT2D eigenvalue weighted by Crippen LogP contribution is -2.43. The maximum atomic E-state index is 4.87. The van der Waals surface area contributed by atoms with Crippen molar-refractivity contribution >= 4 is 26.7 Å². The van der Waals surface area contributed by atoms with Crippen molar-refractivity contribution in [1.29, 1.82) is 0 Å². The molecule has 1 aromatic carbocycles. The van der Waals surface area contributed by atoms with Gasteiger partial charge in [-0.05, 0) is 62.9 Å². The van der Waals surface area contributed by atoms with Gasteiger partial charge in [-0.1, -0.05) is 24.3 Å². The average molecular weight is 315 g/mol. The zero-order valence-electron chi connectivity index (χ0n) is 13.4. The van der Waals surface area contributed by atoms with Crippen LogP contribution < -0.4 is 4.90 Å². The van der Waals surface area contributed by atoms with Gasteiger partial charge in [-0.2, -0.15) is 0 Å². The first-order valence-corrected chi connectivity index (χ1v) is 9.53. The van der Waals surface area contributed by atoms with Gasteiger partial charge in [0.15, 0.2) is 5.13 Å². The monoisotopic (exact) mass is 315 g/mol. The van der Waals surface area contributed by atoms with Gasteiger partial charge >= 0.3 is 0 Å². The zero-order valence-corrected chi connectivity index (χ0v) is 14.2. The lowest BCUT2D eigenvalue weighted by Gasteiger charge is -2.36. The summed E-state index contributed by atoms with van der Waals surface area (Å²) in [6, 6.07) is 7.53. The molecule has 2 aromatic rings. The molecule has 3 nitrogen and oxygen atoms in total. The Kier molecular flexibility index (Phi) is 4.05. The highest BCUT2D eigenvalue weighted by molar-refractivity contribution is 7.22. The van der Waals surface area contributed by atoms with Crippen LogP contribution in [0.25, 0.3) is 10.2 Å². The maximum Gasteiger partial charge on any atom is 0.186 e. The van der Waals surface area contributed by atoms with Crippen LogP contribution in [0.5, 0.6) is 0 Å². The molecule has 22 heavy (non-hydrogen) atoms. The van der Waals surface area contributed by atoms with E-state index in [1.807, 2.05) is 11.3 Å². The number of benzene rings is 1. The fourth-order valence-electron chi connectivity index (χ4n) is 3.84. The van der Waals surface area contributed by atoms with Crippen molar-refractivity contribution in [3.05, 3.63) is 23.8 Å². The number of aromatic nitrogens is 1. The highest BCUT2D eigenvalue weighted by Crippen LogP contribution is 2.32. The van der Waals surface area contributed by atoms with Crippen LogP contribution in [0.4, 0.5) is 5.13 Å². The number of hydrogen-bond acceptors (Lipinski definition) is 4. The molecule has 0 unspecified atom stereocenters. The van der Waals surface area contributed by atoms with Gasteiger partial charge in [0.2, 0.25) is 0 Å². The zero-order chi connectivity index (χ0) is 14.9. The Balaban J connectivity index is 1.46. The van der Waals surface area contributed by atoms with E-state index in [1.165, 1.54) is 72.8 Å². The van der Waals surface area contributed by atoms with Gasteiger partial charge in [0.1, 0.15) is 0 Å². The molecule has 2 aliphatic rings. The summed E-state index contributed by atoms with van der Waals surface area (Å²) in [4.78, 5) is 10.1. The van der Waals surface area contributed by atoms with E-state index < -0.39 is 0 Å². The quantitative estimate of drug-likeness (QED) is 0.855. The van der Waals surface area contributed by atoms with E-state index in [9.17, 15) is 0 Å². The van der Waals surface area contributed by atoms with E-state index in [-0.39, 0.29) is 0 Å². The first-order valence-electron chi connectivity index (χ1n) is 8.72. The second kappa shape index (κ2) is 6.17. The maximum absolute atomic E-state index is 4.87. The van der Waals surface area contributed by atoms with Crippen LogP contribution in [0.3, 0.4) is 0 Å². The smallest absolute Gasteiger partial charge is 0.186 e. The normalized spacial score (nSPS) is 21.0. The second-order valence-corrected chi connectivity index (χ2v) is 7.62. The minimum Gasteiger partial charge on any atom is -0.348 e. The Hall–Kier alpha value is -1.13. The van der Waals surface area contributed by atoms with Crippen LogP contribution in [0, 0.1) is 0 Å². The average Bonchev–Trinajstić information content (AvgIpc) is 3.23. The topological polar surface area (TPSA) is 19.4 Å². The van der Waals surface area contributed by atoms with Crippen molar-refractivity contribution in [2.75, 3.05) is 31.1 Å². The highest BCUT2D eigenvalue weighted by Gasteiger charge is 2.27. The lowest BCUT2D eigenvalue weighted by molar-refractivity contribution is 0.208. The number of piperidine rings is 1. The lowest BCUT2D eigenvalue weighted by atomic mass is 10.0. The van der Waals surface area contributed by atoms with Crippen LogP contribution in [-0.4, -0.2) is 42.1 Å². The van der Waals surface area contributed by atoms with E-state index in [1.54, 1.807) is 0 Å². The van der Waals surface area contributed by atoms with Gasteiger partial charge < -0.3 is 9.80 Å². The third kappa shape index (κ3) is 2.74. The van der Waals surface area contributed by atoms with Gasteiger partial charge in [0, 0.05) is 19.1 Å². The van der Waals surface area contributed by atoms with Gasteiger partial charge in [0.25, 0.3) is 0 Å². The SMILES string of the molecule is CCc1ccc2nc(N3CCC(N4CCCC4)CC3)sc2c1. The molecular weight excluding hydrogens is 290 g/mol. The summed E-state index contributed by atoms with van der Waals surface area (Å²) in [7, 11) is 0. The molecule has 4 rings (SSSR count). The fraction of sp³-hybridized carbons (Fsp3) is 0.611. The number of anilines is 1. The Morgan fingerprint density at radius 1 is 1.14 bits per heavy atom. The van der Waals surface area contributed by atoms with Crippen molar-refractivity contribution in [3.63, 3.8) is 0 Å². The molecule has 0 spiro atoms. The van der Waals surface area contributed by atoms with Gasteiger partial charge in [-0.15, -0.1) is 0 Å². The molecule has 0 saturated carbocycles. The molecule has 0 N–H and O–H groups in total. The molecule has 0 atom stereocenters. The van der Waals surface area contributed by atoms with Crippen LogP contribution in [0.1, 0.15) is 38.2 Å². The molecule has 118 valence electrons. The number of aryl methyl sites for hydroxylation is 1. The van der Waals surface area contributed by atoms with Crippen molar-refractivity contribution in [2.45, 2.75) is 45.1 Å². The second-order valence-electron chi connectivity index (χ2n) is 6.61. The molecule has 1 aromatic heterocycles. The Morgan fingerprint density at radius 3 is 2.64 bits per heavy atom. The number of rotatable bonds is 3. The molecule has 3 heterocycles. The van der Waals surface area contributed by atoms with Crippen LogP contribution in [0.2, 0.25) is 0 Å². The minimum atomic E-state index is 0.819. The molecule has 0 aliphatic carbocycles. The van der Waals surface area contributed by atoms with Crippen LogP contribution in [0.15, 0.2) is 18.2 Å². The molecular formula is C18H25N3S. The van der Waals surface area contributed by atoms with Gasteiger partial charge in [0.05, 0.1) is 10.2 Å². The summed E-state index contributed by atoms with van der Waals surface area (Å²) in [6.45, 7) is 7.20. The van der Waals surface area contributed by atoms with E-state index in [4.69, 9.17) is 4.98 Å². The molecule has 2 aliphatic heterocycles. The predicted molar refractivity (Wildman–Crippen MR) is 95.0 cm³/mol. The van der Waals surface area contributed by atoms with Gasteiger partial charge in [-0.25, -0.2) is 4.98 Å². The largest absolute Gasteiger partial charge is 0.348 e. The molecule has 0 amide bonds. The highest BCUT2D eigenvalue weighted by atomic mass is 32.1. The summed E-state index contributed by atoms with van der Waals surface area (Å²) >= 11 is 1.87. The standard InChI is InChI=1S/C18H25N3S/c1-2-14-5-6-16-17(13-14)22-18(19-16)21-11-7-15(8-12-21)20-9-3-4-10-20/h5-6,13,15H,2-4,7-12H2,1H3. The minimum absolute atomic E-state index is 0.819. The number of fused-ring (bicyclic) bond motifs is 1. The number of likely N-dealkylation sites (tertiary alicyclic amines) is 1. The molecule has 0 bridgehead atoms. The molecule has 4 heteroatoms. The Bertz CT molecular complexity index is 637. The number of hydrogen-bond donors (Lipinski definition) is 0. The number of nitrogens with zero attached hydrogens (tertiary/aromatic N) is 3. The van der Waals surface area contributed by atoms with Crippen molar-refractivity contribution in [1.82, 2.24) is 9.88 Å². The van der Waals surface area contributed by atoms with Gasteiger partial charge in [-0.3, -0.25) is 0 Å². The fourth-order valence-corrected chi connectivity index (χ4v) is 4.92. The van der Waals surface area contributed by atoms with Crippen LogP contribution in [-0.2, 0) is 6.42 Å². The van der Waals surface area contributed by atoms with Crippen molar-refractivity contribution < 1.29 is 0 Å². The number of thiazole rings is 1. The van der Waals surface area contributed by atoms with E-state index in [2.05, 4.69) is 34.9 Å². The summed E-state index contributed by atoms with van der Waals surface area (Å²) in [5.41, 5.74) is 2.58. The Labute approximate surface area is 136 Å². The van der Waals surface area contributed by atoms with E-state index >= 15 is 0 Å².